The molecule has 77 heavy (non-hydrogen) atoms. The van der Waals surface area contributed by atoms with Crippen LogP contribution in [0.5, 0.6) is 0 Å². The first-order chi connectivity index (χ1) is 38.0. The highest BCUT2D eigenvalue weighted by Gasteiger charge is 2.19. The third-order valence-corrected chi connectivity index (χ3v) is 11.9. The van der Waals surface area contributed by atoms with Crippen LogP contribution >= 0.6 is 0 Å². The molecule has 0 aliphatic rings. The van der Waals surface area contributed by atoms with Crippen LogP contribution in [-0.4, -0.2) is 37.2 Å². The second-order valence-electron chi connectivity index (χ2n) is 19.1. The van der Waals surface area contributed by atoms with Crippen molar-refractivity contribution in [3.63, 3.8) is 0 Å². The van der Waals surface area contributed by atoms with Gasteiger partial charge in [0, 0.05) is 19.3 Å². The summed E-state index contributed by atoms with van der Waals surface area (Å²) in [6.07, 6.45) is 94.6. The predicted octanol–water partition coefficient (Wildman–Crippen LogP) is 20.9. The highest BCUT2D eigenvalue weighted by molar-refractivity contribution is 5.71. The smallest absolute Gasteiger partial charge is 0.306 e. The number of rotatable bonds is 52. The zero-order valence-electron chi connectivity index (χ0n) is 48.9. The van der Waals surface area contributed by atoms with Crippen molar-refractivity contribution in [1.29, 1.82) is 0 Å². The van der Waals surface area contributed by atoms with Crippen LogP contribution in [0.2, 0.25) is 0 Å². The van der Waals surface area contributed by atoms with Gasteiger partial charge in [-0.15, -0.1) is 0 Å². The lowest BCUT2D eigenvalue weighted by Crippen LogP contribution is -2.30. The Bertz CT molecular complexity index is 1840. The lowest BCUT2D eigenvalue weighted by Gasteiger charge is -2.18. The highest BCUT2D eigenvalue weighted by atomic mass is 16.6. The highest BCUT2D eigenvalue weighted by Crippen LogP contribution is 2.12. The van der Waals surface area contributed by atoms with Gasteiger partial charge in [0.2, 0.25) is 0 Å². The van der Waals surface area contributed by atoms with Gasteiger partial charge in [0.15, 0.2) is 6.10 Å². The molecule has 0 aromatic heterocycles. The first kappa shape index (κ1) is 71.5. The quantitative estimate of drug-likeness (QED) is 0.0261. The van der Waals surface area contributed by atoms with E-state index in [1.54, 1.807) is 0 Å². The molecule has 0 N–H and O–H groups in total. The molecule has 0 aliphatic carbocycles. The fraction of sp³-hybridized carbons (Fsp3) is 0.535. The molecule has 0 rings (SSSR count). The van der Waals surface area contributed by atoms with Gasteiger partial charge in [-0.05, 0) is 154 Å². The van der Waals surface area contributed by atoms with Crippen LogP contribution in [0.25, 0.3) is 0 Å². The Morgan fingerprint density at radius 1 is 0.260 bits per heavy atom. The molecule has 0 saturated carbocycles. The third kappa shape index (κ3) is 61.2. The zero-order chi connectivity index (χ0) is 55.7. The van der Waals surface area contributed by atoms with Gasteiger partial charge in [0.25, 0.3) is 0 Å². The molecule has 0 aliphatic heterocycles. The van der Waals surface area contributed by atoms with Crippen molar-refractivity contribution in [3.8, 4) is 0 Å². The fourth-order valence-corrected chi connectivity index (χ4v) is 7.46. The Labute approximate surface area is 472 Å². The van der Waals surface area contributed by atoms with E-state index in [0.717, 1.165) is 161 Å². The predicted molar refractivity (Wildman–Crippen MR) is 334 cm³/mol. The van der Waals surface area contributed by atoms with Crippen molar-refractivity contribution in [2.45, 2.75) is 232 Å². The largest absolute Gasteiger partial charge is 0.462 e. The first-order valence-corrected chi connectivity index (χ1v) is 30.3. The number of carbonyl (C=O) groups excluding carboxylic acids is 3. The summed E-state index contributed by atoms with van der Waals surface area (Å²) >= 11 is 0. The monoisotopic (exact) mass is 1060 g/mol. The van der Waals surface area contributed by atoms with E-state index in [1.165, 1.54) is 12.8 Å². The summed E-state index contributed by atoms with van der Waals surface area (Å²) < 4.78 is 16.8. The Morgan fingerprint density at radius 3 is 0.766 bits per heavy atom. The molecule has 0 spiro atoms. The molecule has 1 unspecified atom stereocenters. The van der Waals surface area contributed by atoms with Crippen LogP contribution in [0.15, 0.2) is 182 Å². The number of allylic oxidation sites excluding steroid dienone is 30. The summed E-state index contributed by atoms with van der Waals surface area (Å²) in [5.74, 6) is -1.02. The van der Waals surface area contributed by atoms with E-state index in [2.05, 4.69) is 203 Å². The van der Waals surface area contributed by atoms with E-state index in [1.807, 2.05) is 0 Å². The maximum absolute atomic E-state index is 12.9. The molecule has 6 nitrogen and oxygen atoms in total. The van der Waals surface area contributed by atoms with Crippen molar-refractivity contribution in [2.24, 2.45) is 0 Å². The van der Waals surface area contributed by atoms with E-state index < -0.39 is 6.10 Å². The van der Waals surface area contributed by atoms with Crippen LogP contribution in [0.4, 0.5) is 0 Å². The number of unbranched alkanes of at least 4 members (excludes halogenated alkanes) is 11. The molecule has 0 fully saturated rings. The number of ether oxygens (including phenoxy) is 3. The standard InChI is InChI=1S/C71H108O6/c1-4-7-10-13-16-19-22-25-28-30-32-33-34-35-36-37-39-40-43-46-49-52-55-58-61-64-70(73)76-67-68(66-75-69(72)63-60-57-54-51-48-45-42-27-24-21-18-15-12-9-6-3)77-71(74)65-62-59-56-53-50-47-44-41-38-31-29-26-23-20-17-14-11-8-5-2/h7-12,16-21,25-29,32-33,35-36,38-42,47-48,50-51,68H,4-6,13-15,22-24,30-31,34,37,43-46,49,52-67H2,1-3H3/b10-7-,11-8-,12-9-,19-16-,20-17-,21-18-,28-25-,29-26-,33-32-,36-35-,40-39-,41-38-,42-27-,50-47-,51-48-. The van der Waals surface area contributed by atoms with Crippen LogP contribution in [0.3, 0.4) is 0 Å². The number of esters is 3. The van der Waals surface area contributed by atoms with Crippen molar-refractivity contribution in [1.82, 2.24) is 0 Å². The number of hydrogen-bond acceptors (Lipinski definition) is 6. The molecular weight excluding hydrogens is 949 g/mol. The Morgan fingerprint density at radius 2 is 0.468 bits per heavy atom. The van der Waals surface area contributed by atoms with Gasteiger partial charge in [-0.1, -0.05) is 235 Å². The van der Waals surface area contributed by atoms with Gasteiger partial charge >= 0.3 is 17.9 Å². The molecule has 0 saturated heterocycles. The molecule has 6 heteroatoms. The normalized spacial score (nSPS) is 13.4. The molecule has 0 radical (unpaired) electrons. The van der Waals surface area contributed by atoms with Crippen molar-refractivity contribution >= 4 is 17.9 Å². The maximum atomic E-state index is 12.9. The van der Waals surface area contributed by atoms with E-state index >= 15 is 0 Å². The fourth-order valence-electron chi connectivity index (χ4n) is 7.46. The van der Waals surface area contributed by atoms with Crippen LogP contribution in [-0.2, 0) is 28.6 Å². The second-order valence-corrected chi connectivity index (χ2v) is 19.1. The van der Waals surface area contributed by atoms with Gasteiger partial charge in [0.05, 0.1) is 0 Å². The minimum Gasteiger partial charge on any atom is -0.462 e. The lowest BCUT2D eigenvalue weighted by atomic mass is 10.1. The SMILES string of the molecule is CC/C=C\C/C=C\C/C=C\C/C=C\C/C=C\C/C=C\CCCCCCCCC(=O)OCC(COC(=O)CCCC/C=C\C/C=C\C/C=C\C/C=C\CC)OC(=O)CCCCC/C=C\C/C=C\C/C=C\C/C=C\C/C=C\CC. The van der Waals surface area contributed by atoms with Crippen molar-refractivity contribution in [2.75, 3.05) is 13.2 Å². The number of hydrogen-bond donors (Lipinski definition) is 0. The molecular formula is C71H108O6. The van der Waals surface area contributed by atoms with Gasteiger partial charge in [-0.2, -0.15) is 0 Å². The van der Waals surface area contributed by atoms with E-state index in [9.17, 15) is 14.4 Å². The molecule has 0 aromatic rings. The van der Waals surface area contributed by atoms with E-state index in [0.29, 0.717) is 19.3 Å². The second kappa shape index (κ2) is 63.0. The molecule has 0 bridgehead atoms. The minimum atomic E-state index is -0.831. The summed E-state index contributed by atoms with van der Waals surface area (Å²) in [5, 5.41) is 0. The van der Waals surface area contributed by atoms with E-state index in [4.69, 9.17) is 14.2 Å². The molecule has 0 heterocycles. The zero-order valence-corrected chi connectivity index (χ0v) is 48.9. The van der Waals surface area contributed by atoms with Crippen LogP contribution < -0.4 is 0 Å². The summed E-state index contributed by atoms with van der Waals surface area (Å²) in [5.41, 5.74) is 0. The topological polar surface area (TPSA) is 78.9 Å². The molecule has 1 atom stereocenters. The first-order valence-electron chi connectivity index (χ1n) is 30.3. The molecule has 0 amide bonds. The summed E-state index contributed by atoms with van der Waals surface area (Å²) in [7, 11) is 0. The van der Waals surface area contributed by atoms with Crippen molar-refractivity contribution in [3.05, 3.63) is 182 Å². The minimum absolute atomic E-state index is 0.123. The average molecular weight is 1060 g/mol. The molecule has 0 aromatic carbocycles. The van der Waals surface area contributed by atoms with Crippen molar-refractivity contribution < 1.29 is 28.6 Å². The third-order valence-electron chi connectivity index (χ3n) is 11.9. The van der Waals surface area contributed by atoms with Gasteiger partial charge < -0.3 is 14.2 Å². The van der Waals surface area contributed by atoms with Crippen LogP contribution in [0.1, 0.15) is 226 Å². The average Bonchev–Trinajstić information content (AvgIpc) is 3.43. The van der Waals surface area contributed by atoms with Crippen LogP contribution in [0, 0.1) is 0 Å². The Balaban J connectivity index is 4.54. The Kier molecular flexibility index (Phi) is 58.6. The van der Waals surface area contributed by atoms with E-state index in [-0.39, 0.29) is 44.0 Å². The summed E-state index contributed by atoms with van der Waals surface area (Å²) in [6.45, 7) is 6.20. The Hall–Kier alpha value is -5.49. The summed E-state index contributed by atoms with van der Waals surface area (Å²) in [6, 6.07) is 0. The van der Waals surface area contributed by atoms with Gasteiger partial charge in [-0.3, -0.25) is 14.4 Å². The maximum Gasteiger partial charge on any atom is 0.306 e. The van der Waals surface area contributed by atoms with Gasteiger partial charge in [-0.25, -0.2) is 0 Å². The van der Waals surface area contributed by atoms with Gasteiger partial charge in [0.1, 0.15) is 13.2 Å². The number of carbonyl (C=O) groups is 3. The molecule has 428 valence electrons. The lowest BCUT2D eigenvalue weighted by molar-refractivity contribution is -0.167. The summed E-state index contributed by atoms with van der Waals surface area (Å²) in [4.78, 5) is 38.3.